The molecule has 1 saturated heterocycles. The Balaban J connectivity index is 2.40. The molecular formula is C16H33N3O2. The SMILES string of the molecule is CC1CC(NCCN(C(=O)OC(C)(C)C)C(C)C)CN1C. The molecule has 1 fully saturated rings. The van der Waals surface area contributed by atoms with E-state index in [0.29, 0.717) is 18.6 Å². The van der Waals surface area contributed by atoms with Gasteiger partial charge in [-0.15, -0.1) is 0 Å². The van der Waals surface area contributed by atoms with Gasteiger partial charge in [-0.05, 0) is 55.0 Å². The second-order valence-electron chi connectivity index (χ2n) is 7.44. The first-order valence-corrected chi connectivity index (χ1v) is 8.03. The van der Waals surface area contributed by atoms with Crippen LogP contribution in [0.25, 0.3) is 0 Å². The summed E-state index contributed by atoms with van der Waals surface area (Å²) in [6.45, 7) is 14.6. The molecule has 1 aliphatic heterocycles. The lowest BCUT2D eigenvalue weighted by Gasteiger charge is -2.30. The fraction of sp³-hybridized carbons (Fsp3) is 0.938. The third-order valence-corrected chi connectivity index (χ3v) is 3.92. The summed E-state index contributed by atoms with van der Waals surface area (Å²) in [4.78, 5) is 16.4. The van der Waals surface area contributed by atoms with Gasteiger partial charge in [-0.3, -0.25) is 0 Å². The van der Waals surface area contributed by atoms with Crippen LogP contribution in [-0.4, -0.2) is 66.3 Å². The van der Waals surface area contributed by atoms with E-state index in [0.717, 1.165) is 13.1 Å². The van der Waals surface area contributed by atoms with E-state index < -0.39 is 5.60 Å². The number of rotatable bonds is 5. The summed E-state index contributed by atoms with van der Waals surface area (Å²) in [5.41, 5.74) is -0.443. The Morgan fingerprint density at radius 1 is 1.43 bits per heavy atom. The zero-order chi connectivity index (χ0) is 16.2. The monoisotopic (exact) mass is 299 g/mol. The quantitative estimate of drug-likeness (QED) is 0.846. The Morgan fingerprint density at radius 3 is 2.48 bits per heavy atom. The molecule has 124 valence electrons. The van der Waals surface area contributed by atoms with Crippen LogP contribution >= 0.6 is 0 Å². The Labute approximate surface area is 130 Å². The summed E-state index contributed by atoms with van der Waals surface area (Å²) in [5, 5.41) is 3.55. The van der Waals surface area contributed by atoms with Crippen molar-refractivity contribution in [1.29, 1.82) is 0 Å². The summed E-state index contributed by atoms with van der Waals surface area (Å²) in [6.07, 6.45) is 0.946. The van der Waals surface area contributed by atoms with Crippen LogP contribution in [0, 0.1) is 0 Å². The van der Waals surface area contributed by atoms with Crippen molar-refractivity contribution in [1.82, 2.24) is 15.1 Å². The van der Waals surface area contributed by atoms with E-state index in [4.69, 9.17) is 4.74 Å². The minimum atomic E-state index is -0.443. The average Bonchev–Trinajstić information content (AvgIpc) is 2.61. The predicted octanol–water partition coefficient (Wildman–Crippen LogP) is 2.31. The Hall–Kier alpha value is -0.810. The third-order valence-electron chi connectivity index (χ3n) is 3.92. The zero-order valence-electron chi connectivity index (χ0n) is 14.8. The molecule has 0 aliphatic carbocycles. The first kappa shape index (κ1) is 18.2. The molecule has 1 amide bonds. The molecular weight excluding hydrogens is 266 g/mol. The Morgan fingerprint density at radius 2 is 2.05 bits per heavy atom. The van der Waals surface area contributed by atoms with Crippen LogP contribution in [0.3, 0.4) is 0 Å². The van der Waals surface area contributed by atoms with Gasteiger partial charge in [-0.25, -0.2) is 4.79 Å². The highest BCUT2D eigenvalue weighted by atomic mass is 16.6. The molecule has 21 heavy (non-hydrogen) atoms. The van der Waals surface area contributed by atoms with Crippen molar-refractivity contribution >= 4 is 6.09 Å². The third kappa shape index (κ3) is 6.22. The van der Waals surface area contributed by atoms with E-state index >= 15 is 0 Å². The van der Waals surface area contributed by atoms with Crippen LogP contribution < -0.4 is 5.32 Å². The van der Waals surface area contributed by atoms with Gasteiger partial charge in [0.05, 0.1) is 0 Å². The molecule has 0 radical (unpaired) electrons. The highest BCUT2D eigenvalue weighted by molar-refractivity contribution is 5.68. The molecule has 5 heteroatoms. The molecule has 0 bridgehead atoms. The van der Waals surface area contributed by atoms with Crippen LogP contribution in [0.2, 0.25) is 0 Å². The average molecular weight is 299 g/mol. The molecule has 0 aromatic carbocycles. The standard InChI is InChI=1S/C16H33N3O2/c1-12(2)19(15(20)21-16(4,5)6)9-8-17-14-10-13(3)18(7)11-14/h12-14,17H,8-11H2,1-7H3. The highest BCUT2D eigenvalue weighted by Gasteiger charge is 2.27. The molecule has 1 N–H and O–H groups in total. The van der Waals surface area contributed by atoms with E-state index in [1.54, 1.807) is 4.90 Å². The summed E-state index contributed by atoms with van der Waals surface area (Å²) in [5.74, 6) is 0. The molecule has 0 aromatic heterocycles. The zero-order valence-corrected chi connectivity index (χ0v) is 14.8. The number of nitrogens with zero attached hydrogens (tertiary/aromatic N) is 2. The van der Waals surface area contributed by atoms with Gasteiger partial charge in [-0.1, -0.05) is 0 Å². The first-order valence-electron chi connectivity index (χ1n) is 8.03. The van der Waals surface area contributed by atoms with Crippen molar-refractivity contribution in [3.8, 4) is 0 Å². The van der Waals surface area contributed by atoms with Crippen molar-refractivity contribution in [3.05, 3.63) is 0 Å². The van der Waals surface area contributed by atoms with Crippen molar-refractivity contribution in [3.63, 3.8) is 0 Å². The minimum Gasteiger partial charge on any atom is -0.444 e. The lowest BCUT2D eigenvalue weighted by Crippen LogP contribution is -2.45. The normalized spacial score (nSPS) is 23.6. The van der Waals surface area contributed by atoms with Gasteiger partial charge >= 0.3 is 6.09 Å². The number of hydrogen-bond acceptors (Lipinski definition) is 4. The van der Waals surface area contributed by atoms with Gasteiger partial charge in [-0.2, -0.15) is 0 Å². The van der Waals surface area contributed by atoms with Gasteiger partial charge in [0.2, 0.25) is 0 Å². The lowest BCUT2D eigenvalue weighted by atomic mass is 10.2. The van der Waals surface area contributed by atoms with E-state index in [-0.39, 0.29) is 12.1 Å². The number of ether oxygens (including phenoxy) is 1. The molecule has 2 unspecified atom stereocenters. The second kappa shape index (κ2) is 7.45. The second-order valence-corrected chi connectivity index (χ2v) is 7.44. The number of likely N-dealkylation sites (N-methyl/N-ethyl adjacent to an activating group) is 1. The van der Waals surface area contributed by atoms with Crippen molar-refractivity contribution in [2.75, 3.05) is 26.7 Å². The van der Waals surface area contributed by atoms with Crippen LogP contribution in [-0.2, 0) is 4.74 Å². The smallest absolute Gasteiger partial charge is 0.410 e. The fourth-order valence-corrected chi connectivity index (χ4v) is 2.61. The van der Waals surface area contributed by atoms with Crippen molar-refractivity contribution < 1.29 is 9.53 Å². The van der Waals surface area contributed by atoms with Gasteiger partial charge in [0.25, 0.3) is 0 Å². The largest absolute Gasteiger partial charge is 0.444 e. The number of likely N-dealkylation sites (tertiary alicyclic amines) is 1. The summed E-state index contributed by atoms with van der Waals surface area (Å²) >= 11 is 0. The number of nitrogens with one attached hydrogen (secondary N) is 1. The van der Waals surface area contributed by atoms with Gasteiger partial charge < -0.3 is 19.9 Å². The maximum absolute atomic E-state index is 12.2. The molecule has 1 rings (SSSR count). The van der Waals surface area contributed by atoms with Gasteiger partial charge in [0, 0.05) is 37.8 Å². The van der Waals surface area contributed by atoms with E-state index in [2.05, 4.69) is 24.2 Å². The number of hydrogen-bond donors (Lipinski definition) is 1. The Kier molecular flexibility index (Phi) is 6.47. The van der Waals surface area contributed by atoms with E-state index in [1.165, 1.54) is 6.42 Å². The molecule has 0 spiro atoms. The highest BCUT2D eigenvalue weighted by Crippen LogP contribution is 2.15. The number of carbonyl (C=O) groups excluding carboxylic acids is 1. The van der Waals surface area contributed by atoms with Crippen LogP contribution in [0.15, 0.2) is 0 Å². The maximum atomic E-state index is 12.2. The van der Waals surface area contributed by atoms with Gasteiger partial charge in [0.15, 0.2) is 0 Å². The maximum Gasteiger partial charge on any atom is 0.410 e. The van der Waals surface area contributed by atoms with E-state index in [9.17, 15) is 4.79 Å². The minimum absolute atomic E-state index is 0.145. The van der Waals surface area contributed by atoms with Crippen LogP contribution in [0.5, 0.6) is 0 Å². The molecule has 1 aliphatic rings. The topological polar surface area (TPSA) is 44.8 Å². The van der Waals surface area contributed by atoms with Crippen LogP contribution in [0.1, 0.15) is 48.0 Å². The number of amides is 1. The summed E-state index contributed by atoms with van der Waals surface area (Å²) in [7, 11) is 2.16. The Bertz CT molecular complexity index is 329. The first-order chi connectivity index (χ1) is 9.60. The van der Waals surface area contributed by atoms with Crippen molar-refractivity contribution in [2.24, 2.45) is 0 Å². The predicted molar refractivity (Wildman–Crippen MR) is 86.6 cm³/mol. The lowest BCUT2D eigenvalue weighted by molar-refractivity contribution is 0.0192. The summed E-state index contributed by atoms with van der Waals surface area (Å²) in [6, 6.07) is 1.30. The molecule has 2 atom stereocenters. The summed E-state index contributed by atoms with van der Waals surface area (Å²) < 4.78 is 5.47. The van der Waals surface area contributed by atoms with Crippen molar-refractivity contribution in [2.45, 2.75) is 71.7 Å². The van der Waals surface area contributed by atoms with E-state index in [1.807, 2.05) is 34.6 Å². The molecule has 0 aromatic rings. The molecule has 0 saturated carbocycles. The van der Waals surface area contributed by atoms with Crippen LogP contribution in [0.4, 0.5) is 4.79 Å². The molecule has 5 nitrogen and oxygen atoms in total. The fourth-order valence-electron chi connectivity index (χ4n) is 2.61. The number of carbonyl (C=O) groups is 1. The van der Waals surface area contributed by atoms with Gasteiger partial charge in [0.1, 0.15) is 5.60 Å². The molecule has 1 heterocycles.